The lowest BCUT2D eigenvalue weighted by Crippen LogP contribution is -2.48. The molecular weight excluding hydrogens is 270 g/mol. The SMILES string of the molecule is O=NN(CCCl)C(=O)N[C@@H]1O[C@H](CO)[C@@H](O)[C@H]1O. The van der Waals surface area contributed by atoms with Crippen molar-refractivity contribution in [1.82, 2.24) is 10.3 Å². The van der Waals surface area contributed by atoms with Gasteiger partial charge in [-0.2, -0.15) is 5.01 Å². The molecule has 10 heteroatoms. The van der Waals surface area contributed by atoms with Crippen molar-refractivity contribution in [3.63, 3.8) is 0 Å². The summed E-state index contributed by atoms with van der Waals surface area (Å²) < 4.78 is 4.99. The molecule has 1 aliphatic rings. The van der Waals surface area contributed by atoms with E-state index in [1.807, 2.05) is 0 Å². The minimum absolute atomic E-state index is 0.00905. The molecule has 0 spiro atoms. The number of nitrogens with zero attached hydrogens (tertiary/aromatic N) is 2. The molecule has 0 bridgehead atoms. The van der Waals surface area contributed by atoms with E-state index in [9.17, 15) is 19.9 Å². The first-order valence-corrected chi connectivity index (χ1v) is 5.68. The first kappa shape index (κ1) is 15.1. The van der Waals surface area contributed by atoms with E-state index in [4.69, 9.17) is 21.4 Å². The summed E-state index contributed by atoms with van der Waals surface area (Å²) in [5.74, 6) is 0.00905. The second-order valence-corrected chi connectivity index (χ2v) is 3.98. The lowest BCUT2D eigenvalue weighted by Gasteiger charge is -2.19. The summed E-state index contributed by atoms with van der Waals surface area (Å²) in [5, 5.41) is 32.9. The fourth-order valence-corrected chi connectivity index (χ4v) is 1.63. The summed E-state index contributed by atoms with van der Waals surface area (Å²) in [6.07, 6.45) is -4.97. The summed E-state index contributed by atoms with van der Waals surface area (Å²) in [6.45, 7) is -0.617. The van der Waals surface area contributed by atoms with Gasteiger partial charge in [0, 0.05) is 5.88 Å². The van der Waals surface area contributed by atoms with Crippen LogP contribution in [0.25, 0.3) is 0 Å². The highest BCUT2D eigenvalue weighted by Gasteiger charge is 2.43. The fraction of sp³-hybridized carbons (Fsp3) is 0.875. The van der Waals surface area contributed by atoms with Crippen molar-refractivity contribution in [2.24, 2.45) is 5.29 Å². The van der Waals surface area contributed by atoms with Crippen molar-refractivity contribution in [3.05, 3.63) is 4.91 Å². The lowest BCUT2D eigenvalue weighted by atomic mass is 10.1. The van der Waals surface area contributed by atoms with E-state index >= 15 is 0 Å². The van der Waals surface area contributed by atoms with E-state index in [0.29, 0.717) is 5.01 Å². The van der Waals surface area contributed by atoms with Gasteiger partial charge in [0.1, 0.15) is 18.3 Å². The number of aliphatic hydroxyl groups is 3. The van der Waals surface area contributed by atoms with Crippen molar-refractivity contribution in [3.8, 4) is 0 Å². The van der Waals surface area contributed by atoms with Crippen LogP contribution >= 0.6 is 11.6 Å². The average Bonchev–Trinajstić information content (AvgIpc) is 2.63. The Morgan fingerprint density at radius 1 is 1.44 bits per heavy atom. The number of halogens is 1. The predicted molar refractivity (Wildman–Crippen MR) is 59.5 cm³/mol. The molecule has 1 aliphatic heterocycles. The van der Waals surface area contributed by atoms with Crippen molar-refractivity contribution in [2.75, 3.05) is 19.0 Å². The van der Waals surface area contributed by atoms with Crippen LogP contribution in [0.15, 0.2) is 5.29 Å². The molecule has 2 amide bonds. The van der Waals surface area contributed by atoms with Gasteiger partial charge in [-0.25, -0.2) is 4.79 Å². The molecule has 9 nitrogen and oxygen atoms in total. The molecule has 4 N–H and O–H groups in total. The molecule has 104 valence electrons. The van der Waals surface area contributed by atoms with E-state index in [1.165, 1.54) is 0 Å². The summed E-state index contributed by atoms with van der Waals surface area (Å²) in [5.41, 5.74) is 0. The van der Waals surface area contributed by atoms with Gasteiger partial charge in [0.25, 0.3) is 0 Å². The first-order valence-electron chi connectivity index (χ1n) is 5.14. The number of urea groups is 1. The molecule has 1 saturated heterocycles. The van der Waals surface area contributed by atoms with Crippen molar-refractivity contribution in [1.29, 1.82) is 0 Å². The van der Waals surface area contributed by atoms with Crippen LogP contribution in [0, 0.1) is 4.91 Å². The van der Waals surface area contributed by atoms with Crippen LogP contribution in [-0.2, 0) is 4.74 Å². The van der Waals surface area contributed by atoms with E-state index < -0.39 is 37.2 Å². The standard InChI is InChI=1S/C8H14ClN3O6/c9-1-2-12(11-17)8(16)10-7-6(15)5(14)4(3-13)18-7/h4-7,13-15H,1-3H2,(H,10,16)/t4-,5-,6-,7-/m1/s1. The quantitative estimate of drug-likeness (QED) is 0.272. The molecule has 4 atom stereocenters. The third kappa shape index (κ3) is 3.27. The van der Waals surface area contributed by atoms with Gasteiger partial charge in [0.15, 0.2) is 6.23 Å². The molecule has 18 heavy (non-hydrogen) atoms. The number of nitrogens with one attached hydrogen (secondary N) is 1. The monoisotopic (exact) mass is 283 g/mol. The molecule has 0 aliphatic carbocycles. The maximum absolute atomic E-state index is 11.5. The number of aliphatic hydroxyl groups excluding tert-OH is 3. The van der Waals surface area contributed by atoms with Crippen LogP contribution < -0.4 is 5.32 Å². The zero-order chi connectivity index (χ0) is 13.7. The topological polar surface area (TPSA) is 132 Å². The number of amides is 2. The number of ether oxygens (including phenoxy) is 1. The van der Waals surface area contributed by atoms with Crippen LogP contribution in [0.5, 0.6) is 0 Å². The van der Waals surface area contributed by atoms with Gasteiger partial charge in [-0.1, -0.05) is 0 Å². The Hall–Kier alpha value is -1.00. The molecule has 1 rings (SSSR count). The molecule has 1 fully saturated rings. The van der Waals surface area contributed by atoms with E-state index in [2.05, 4.69) is 10.6 Å². The minimum atomic E-state index is -1.41. The Bertz CT molecular complexity index is 307. The molecule has 0 radical (unpaired) electrons. The Labute approximate surface area is 107 Å². The third-order valence-electron chi connectivity index (χ3n) is 2.44. The Morgan fingerprint density at radius 3 is 2.56 bits per heavy atom. The second kappa shape index (κ2) is 6.81. The van der Waals surface area contributed by atoms with Gasteiger partial charge in [0.2, 0.25) is 0 Å². The Balaban J connectivity index is 2.57. The van der Waals surface area contributed by atoms with Gasteiger partial charge >= 0.3 is 6.03 Å². The fourth-order valence-electron chi connectivity index (χ4n) is 1.47. The second-order valence-electron chi connectivity index (χ2n) is 3.60. The third-order valence-corrected chi connectivity index (χ3v) is 2.61. The highest BCUT2D eigenvalue weighted by molar-refractivity contribution is 6.18. The number of carbonyl (C=O) groups excluding carboxylic acids is 1. The van der Waals surface area contributed by atoms with E-state index in [0.717, 1.165) is 0 Å². The van der Waals surface area contributed by atoms with Crippen LogP contribution in [-0.4, -0.2) is 69.9 Å². The van der Waals surface area contributed by atoms with Crippen molar-refractivity contribution in [2.45, 2.75) is 24.5 Å². The molecule has 0 saturated carbocycles. The number of alkyl halides is 1. The van der Waals surface area contributed by atoms with Gasteiger partial charge in [-0.05, 0) is 0 Å². The highest BCUT2D eigenvalue weighted by Crippen LogP contribution is 2.19. The smallest absolute Gasteiger partial charge is 0.342 e. The number of hydrogen-bond donors (Lipinski definition) is 4. The first-order chi connectivity index (χ1) is 8.54. The molecular formula is C8H14ClN3O6. The summed E-state index contributed by atoms with van der Waals surface area (Å²) >= 11 is 5.36. The average molecular weight is 284 g/mol. The normalized spacial score (nSPS) is 31.1. The van der Waals surface area contributed by atoms with Crippen molar-refractivity contribution >= 4 is 17.6 Å². The summed E-state index contributed by atoms with van der Waals surface area (Å²) in [6, 6.07) is -0.916. The largest absolute Gasteiger partial charge is 0.394 e. The zero-order valence-electron chi connectivity index (χ0n) is 9.27. The Morgan fingerprint density at radius 2 is 2.11 bits per heavy atom. The van der Waals surface area contributed by atoms with E-state index in [-0.39, 0.29) is 12.4 Å². The van der Waals surface area contributed by atoms with Crippen LogP contribution in [0.1, 0.15) is 0 Å². The number of hydrogen-bond acceptors (Lipinski definition) is 7. The maximum atomic E-state index is 11.5. The molecule has 0 unspecified atom stereocenters. The number of rotatable bonds is 5. The maximum Gasteiger partial charge on any atom is 0.342 e. The summed E-state index contributed by atoms with van der Waals surface area (Å²) in [4.78, 5) is 21.8. The Kier molecular flexibility index (Phi) is 5.69. The lowest BCUT2D eigenvalue weighted by molar-refractivity contribution is -0.0298. The van der Waals surface area contributed by atoms with Crippen LogP contribution in [0.3, 0.4) is 0 Å². The molecule has 0 aromatic carbocycles. The summed E-state index contributed by atoms with van der Waals surface area (Å²) in [7, 11) is 0. The number of carbonyl (C=O) groups is 1. The van der Waals surface area contributed by atoms with Crippen molar-refractivity contribution < 1.29 is 24.9 Å². The zero-order valence-corrected chi connectivity index (χ0v) is 10.0. The van der Waals surface area contributed by atoms with Crippen LogP contribution in [0.2, 0.25) is 0 Å². The van der Waals surface area contributed by atoms with Gasteiger partial charge in [-0.3, -0.25) is 0 Å². The van der Waals surface area contributed by atoms with Crippen LogP contribution in [0.4, 0.5) is 4.79 Å². The van der Waals surface area contributed by atoms with E-state index in [1.54, 1.807) is 0 Å². The number of nitroso groups, excluding NO2 is 1. The molecule has 1 heterocycles. The van der Waals surface area contributed by atoms with Gasteiger partial charge in [-0.15, -0.1) is 16.5 Å². The predicted octanol–water partition coefficient (Wildman–Crippen LogP) is -1.64. The molecule has 0 aromatic heterocycles. The molecule has 0 aromatic rings. The van der Waals surface area contributed by atoms with Gasteiger partial charge < -0.3 is 25.4 Å². The van der Waals surface area contributed by atoms with Gasteiger partial charge in [0.05, 0.1) is 18.4 Å². The highest BCUT2D eigenvalue weighted by atomic mass is 35.5. The minimum Gasteiger partial charge on any atom is -0.394 e.